The highest BCUT2D eigenvalue weighted by Crippen LogP contribution is 2.76. The zero-order valence-corrected chi connectivity index (χ0v) is 55.4. The molecule has 0 aromatic rings. The van der Waals surface area contributed by atoms with Crippen LogP contribution in [0.25, 0.3) is 0 Å². The zero-order chi connectivity index (χ0) is 70.3. The number of aliphatic hydroxyl groups is 19. The highest BCUT2D eigenvalue weighted by molar-refractivity contribution is 5.80. The van der Waals surface area contributed by atoms with Crippen molar-refractivity contribution < 1.29 is 159 Å². The lowest BCUT2D eigenvalue weighted by Crippen LogP contribution is -2.73. The van der Waals surface area contributed by atoms with Crippen molar-refractivity contribution in [2.45, 2.75) is 304 Å². The van der Waals surface area contributed by atoms with Gasteiger partial charge in [-0.3, -0.25) is 4.79 Å². The van der Waals surface area contributed by atoms with Crippen LogP contribution in [-0.4, -0.2) is 326 Å². The maximum atomic E-state index is 15.7. The molecule has 40 unspecified atom stereocenters. The van der Waals surface area contributed by atoms with E-state index in [-0.39, 0.29) is 31.6 Å². The minimum absolute atomic E-state index is 0.00916. The maximum absolute atomic E-state index is 15.7. The van der Waals surface area contributed by atoms with Gasteiger partial charge < -0.3 is 154 Å². The van der Waals surface area contributed by atoms with E-state index in [2.05, 4.69) is 6.08 Å². The van der Waals surface area contributed by atoms with Crippen LogP contribution >= 0.6 is 0 Å². The highest BCUT2D eigenvalue weighted by atomic mass is 16.8. The number of carbonyl (C=O) groups excluding carboxylic acids is 1. The van der Waals surface area contributed by atoms with E-state index in [1.165, 1.54) is 20.8 Å². The standard InChI is InChI=1S/C64H104O32/c1-22-34(72)38(76)41(79)53(87-22)92-47-30(70)20-85-52(44(47)82)91-46-24(3)89-56(45(83)48(46)93-54-42(80)39(77)35(73)23(2)88-54)94-49-36(74)29(69)19-86-57(49)96-58(84)64-13-12-59(4,5)14-26(64)25-10-11-32-60(6)15-28(68)51(95-55-43(81)40(78)37(75)31(18-65)90-55)61(7,21-66)50(60)27(67)16-63(32,9)62(25,8)17-33(64)71/h10,22-24,26-57,65-83H,11-21H2,1-9H3. The summed E-state index contributed by atoms with van der Waals surface area (Å²) >= 11 is 0. The summed E-state index contributed by atoms with van der Waals surface area (Å²) in [6, 6.07) is 0. The number of rotatable bonds is 14. The van der Waals surface area contributed by atoms with Gasteiger partial charge in [-0.15, -0.1) is 0 Å². The largest absolute Gasteiger partial charge is 0.432 e. The second-order valence-corrected chi connectivity index (χ2v) is 31.2. The molecule has 32 nitrogen and oxygen atoms in total. The lowest BCUT2D eigenvalue weighted by atomic mass is 9.32. The summed E-state index contributed by atoms with van der Waals surface area (Å²) < 4.78 is 72.1. The van der Waals surface area contributed by atoms with Crippen LogP contribution in [0.4, 0.5) is 0 Å². The van der Waals surface area contributed by atoms with Crippen molar-refractivity contribution in [3.8, 4) is 0 Å². The van der Waals surface area contributed by atoms with Gasteiger partial charge >= 0.3 is 5.97 Å². The fourth-order valence-electron chi connectivity index (χ4n) is 19.2. The number of fused-ring (bicyclic) bond motifs is 7. The van der Waals surface area contributed by atoms with E-state index < -0.39 is 273 Å². The van der Waals surface area contributed by atoms with Crippen molar-refractivity contribution in [1.29, 1.82) is 0 Å². The fourth-order valence-corrected chi connectivity index (χ4v) is 19.2. The van der Waals surface area contributed by atoms with E-state index in [1.54, 1.807) is 6.92 Å². The van der Waals surface area contributed by atoms with E-state index in [4.69, 9.17) is 56.8 Å². The second-order valence-electron chi connectivity index (χ2n) is 31.2. The molecule has 0 aromatic carbocycles. The Bertz CT molecular complexity index is 2730. The van der Waals surface area contributed by atoms with E-state index in [0.717, 1.165) is 5.57 Å². The van der Waals surface area contributed by atoms with E-state index in [0.29, 0.717) is 19.3 Å². The first-order chi connectivity index (χ1) is 44.9. The molecule has 10 fully saturated rings. The van der Waals surface area contributed by atoms with Crippen LogP contribution in [0.1, 0.15) is 107 Å². The summed E-state index contributed by atoms with van der Waals surface area (Å²) in [5, 5.41) is 214. The Balaban J connectivity index is 0.853. The van der Waals surface area contributed by atoms with E-state index in [1.807, 2.05) is 34.6 Å². The van der Waals surface area contributed by atoms with Crippen LogP contribution in [0, 0.1) is 50.2 Å². The number of aliphatic hydroxyl groups excluding tert-OH is 19. The quantitative estimate of drug-likeness (QED) is 0.0437. The van der Waals surface area contributed by atoms with Gasteiger partial charge in [0.25, 0.3) is 0 Å². The maximum Gasteiger partial charge on any atom is 0.317 e. The Morgan fingerprint density at radius 2 is 1.01 bits per heavy atom. The molecule has 0 bridgehead atoms. The molecule has 5 aliphatic carbocycles. The molecule has 6 heterocycles. The molecule has 0 spiro atoms. The first-order valence-corrected chi connectivity index (χ1v) is 33.7. The van der Waals surface area contributed by atoms with Crippen molar-refractivity contribution >= 4 is 5.97 Å². The first kappa shape index (κ1) is 75.2. The number of ether oxygens (including phenoxy) is 12. The topological polar surface area (TPSA) is 512 Å². The first-order valence-electron chi connectivity index (χ1n) is 33.7. The van der Waals surface area contributed by atoms with E-state index >= 15 is 4.79 Å². The molecule has 4 saturated carbocycles. The molecule has 6 saturated heterocycles. The molecular formula is C64H104O32. The van der Waals surface area contributed by atoms with Crippen molar-refractivity contribution in [3.63, 3.8) is 0 Å². The molecule has 32 heteroatoms. The van der Waals surface area contributed by atoms with Gasteiger partial charge in [0.2, 0.25) is 6.29 Å². The van der Waals surface area contributed by atoms with Gasteiger partial charge in [-0.05, 0) is 99.2 Å². The Hall–Kier alpha value is -1.99. The van der Waals surface area contributed by atoms with E-state index in [9.17, 15) is 97.0 Å². The lowest BCUT2D eigenvalue weighted by Gasteiger charge is -2.73. The van der Waals surface area contributed by atoms with Crippen LogP contribution in [-0.2, 0) is 61.6 Å². The molecule has 96 heavy (non-hydrogen) atoms. The summed E-state index contributed by atoms with van der Waals surface area (Å²) in [4.78, 5) is 15.7. The normalized spacial score (nSPS) is 56.7. The minimum atomic E-state index is -2.12. The van der Waals surface area contributed by atoms with Gasteiger partial charge in [0.1, 0.15) is 115 Å². The molecular weight excluding hydrogens is 1280 g/mol. The van der Waals surface area contributed by atoms with Crippen molar-refractivity contribution in [1.82, 2.24) is 0 Å². The molecule has 11 aliphatic rings. The summed E-state index contributed by atoms with van der Waals surface area (Å²) in [6.45, 7) is 13.4. The molecule has 40 atom stereocenters. The molecule has 0 radical (unpaired) electrons. The second kappa shape index (κ2) is 27.6. The Labute approximate surface area is 555 Å². The van der Waals surface area contributed by atoms with Gasteiger partial charge in [0.15, 0.2) is 37.6 Å². The molecule has 11 rings (SSSR count). The van der Waals surface area contributed by atoms with Crippen LogP contribution in [0.15, 0.2) is 11.6 Å². The van der Waals surface area contributed by atoms with Gasteiger partial charge in [-0.25, -0.2) is 0 Å². The molecule has 0 amide bonds. The number of carbonyl (C=O) groups is 1. The summed E-state index contributed by atoms with van der Waals surface area (Å²) in [6.07, 6.45) is -49.8. The Kier molecular flexibility index (Phi) is 21.6. The van der Waals surface area contributed by atoms with Gasteiger partial charge in [-0.2, -0.15) is 0 Å². The average molecular weight is 1390 g/mol. The molecule has 6 aliphatic heterocycles. The minimum Gasteiger partial charge on any atom is -0.432 e. The van der Waals surface area contributed by atoms with Gasteiger partial charge in [-0.1, -0.05) is 53.2 Å². The smallest absolute Gasteiger partial charge is 0.317 e. The van der Waals surface area contributed by atoms with Crippen molar-refractivity contribution in [2.75, 3.05) is 26.4 Å². The number of hydrogen-bond donors (Lipinski definition) is 19. The summed E-state index contributed by atoms with van der Waals surface area (Å²) in [5.41, 5.74) is -5.55. The van der Waals surface area contributed by atoms with Crippen molar-refractivity contribution in [2.24, 2.45) is 50.2 Å². The number of hydrogen-bond acceptors (Lipinski definition) is 32. The summed E-state index contributed by atoms with van der Waals surface area (Å²) in [5.74, 6) is -2.81. The van der Waals surface area contributed by atoms with Gasteiger partial charge in [0.05, 0.1) is 69.2 Å². The Morgan fingerprint density at radius 1 is 0.490 bits per heavy atom. The van der Waals surface area contributed by atoms with Crippen LogP contribution < -0.4 is 0 Å². The van der Waals surface area contributed by atoms with Crippen LogP contribution in [0.2, 0.25) is 0 Å². The van der Waals surface area contributed by atoms with Gasteiger partial charge in [0, 0.05) is 11.3 Å². The third kappa shape index (κ3) is 12.4. The molecule has 19 N–H and O–H groups in total. The van der Waals surface area contributed by atoms with Crippen molar-refractivity contribution in [3.05, 3.63) is 11.6 Å². The average Bonchev–Trinajstić information content (AvgIpc) is 0.667. The number of allylic oxidation sites excluding steroid dienone is 2. The predicted molar refractivity (Wildman–Crippen MR) is 317 cm³/mol. The highest BCUT2D eigenvalue weighted by Gasteiger charge is 2.75. The third-order valence-electron chi connectivity index (χ3n) is 24.8. The predicted octanol–water partition coefficient (Wildman–Crippen LogP) is -6.14. The molecule has 552 valence electrons. The number of esters is 1. The van der Waals surface area contributed by atoms with Crippen LogP contribution in [0.3, 0.4) is 0 Å². The van der Waals surface area contributed by atoms with Crippen LogP contribution in [0.5, 0.6) is 0 Å². The zero-order valence-electron chi connectivity index (χ0n) is 55.4. The SMILES string of the molecule is CC1OC(OC2C(O)COC(OC3C(C)OC(OC4C(OC(=O)C56CCC(C)(C)CC5C5=CCC7C8(C)CC(O)C(OC9OC(CO)C(O)C(O)C9O)C(C)(CO)C8C(O)CC7(C)C5(C)CC6O)OCC(O)C4O)C(O)C3OC3OC(C)C(O)C(O)C3O)C2O)C(O)C(O)C1O. The summed E-state index contributed by atoms with van der Waals surface area (Å²) in [7, 11) is 0. The lowest BCUT2D eigenvalue weighted by molar-refractivity contribution is -0.395. The molecule has 0 aromatic heterocycles. The monoisotopic (exact) mass is 1380 g/mol. The fraction of sp³-hybridized carbons (Fsp3) is 0.953. The Morgan fingerprint density at radius 3 is 1.61 bits per heavy atom. The third-order valence-corrected chi connectivity index (χ3v) is 24.8.